The number of carbonyl (C=O) groups is 4. The third kappa shape index (κ3) is 8.34. The van der Waals surface area contributed by atoms with Crippen LogP contribution in [0.5, 0.6) is 0 Å². The maximum atomic E-state index is 13.0. The van der Waals surface area contributed by atoms with Crippen molar-refractivity contribution in [3.63, 3.8) is 0 Å². The molecule has 1 fully saturated rings. The Morgan fingerprint density at radius 2 is 1.86 bits per heavy atom. The number of oxime groups is 1. The van der Waals surface area contributed by atoms with Gasteiger partial charge in [0.05, 0.1) is 19.6 Å². The number of amides is 2. The van der Waals surface area contributed by atoms with E-state index in [1.807, 2.05) is 0 Å². The number of carbonyl (C=O) groups excluding carboxylic acids is 4. The number of ether oxygens (including phenoxy) is 2. The van der Waals surface area contributed by atoms with Crippen LogP contribution in [0.15, 0.2) is 10.5 Å². The number of nitrogen functional groups attached to an aromatic ring is 1. The predicted molar refractivity (Wildman–Crippen MR) is 123 cm³/mol. The van der Waals surface area contributed by atoms with Crippen molar-refractivity contribution < 1.29 is 76.0 Å². The molecule has 0 unspecified atom stereocenters. The molecule has 0 aliphatic carbocycles. The fourth-order valence-electron chi connectivity index (χ4n) is 2.82. The largest absolute Gasteiger partial charge is 1.00 e. The molecule has 2 amide bonds. The number of thiazole rings is 1. The number of β-lactam (4-membered cyclic amide) rings is 1. The second kappa shape index (κ2) is 12.0. The minimum Gasteiger partial charge on any atom is -0.731 e. The maximum Gasteiger partial charge on any atom is 1.00 e. The topological polar surface area (TPSA) is 220 Å². The summed E-state index contributed by atoms with van der Waals surface area (Å²) >= 11 is 0.954. The SMILES string of the molecule is COC(=O)C[C@@H]1[C@@H](NC(=O)/C(=N/OC(C)(C)C(=O)OC(C)(C)C)c2csc(N)n2)C(=O)N1S(=O)(=O)[O-].[Na+]. The Balaban J connectivity index is 0.00000684. The summed E-state index contributed by atoms with van der Waals surface area (Å²) in [6, 6.07) is -3.11. The second-order valence-corrected chi connectivity index (χ2v) is 11.1. The van der Waals surface area contributed by atoms with Crippen LogP contribution in [0.4, 0.5) is 5.13 Å². The van der Waals surface area contributed by atoms with E-state index in [1.165, 1.54) is 19.2 Å². The first-order valence-electron chi connectivity index (χ1n) is 10.2. The van der Waals surface area contributed by atoms with Crippen LogP contribution in [-0.2, 0) is 43.8 Å². The van der Waals surface area contributed by atoms with Gasteiger partial charge in [-0.3, -0.25) is 14.4 Å². The average Bonchev–Trinajstić information content (AvgIpc) is 3.15. The van der Waals surface area contributed by atoms with Gasteiger partial charge in [-0.1, -0.05) is 5.16 Å². The molecular weight excluding hydrogens is 545 g/mol. The Bertz CT molecular complexity index is 1190. The quantitative estimate of drug-likeness (QED) is 0.0730. The van der Waals surface area contributed by atoms with Crippen molar-refractivity contribution in [3.8, 4) is 0 Å². The summed E-state index contributed by atoms with van der Waals surface area (Å²) < 4.78 is 44.0. The summed E-state index contributed by atoms with van der Waals surface area (Å²) in [5.74, 6) is -4.07. The molecule has 15 nitrogen and oxygen atoms in total. The molecule has 1 aromatic rings. The van der Waals surface area contributed by atoms with Crippen molar-refractivity contribution in [2.45, 2.75) is 64.3 Å². The van der Waals surface area contributed by atoms with E-state index in [9.17, 15) is 32.1 Å². The van der Waals surface area contributed by atoms with Crippen LogP contribution in [0.25, 0.3) is 0 Å². The van der Waals surface area contributed by atoms with Crippen molar-refractivity contribution >= 4 is 56.2 Å². The van der Waals surface area contributed by atoms with Crippen LogP contribution >= 0.6 is 11.3 Å². The monoisotopic (exact) mass is 571 g/mol. The van der Waals surface area contributed by atoms with E-state index in [0.29, 0.717) is 0 Å². The molecular formula is C19H26N5NaO10S2. The van der Waals surface area contributed by atoms with Gasteiger partial charge in [0.2, 0.25) is 5.60 Å². The van der Waals surface area contributed by atoms with Gasteiger partial charge >= 0.3 is 41.5 Å². The molecule has 0 saturated carbocycles. The zero-order valence-corrected chi connectivity index (χ0v) is 24.9. The normalized spacial score (nSPS) is 18.3. The van der Waals surface area contributed by atoms with Crippen LogP contribution in [0.1, 0.15) is 46.7 Å². The van der Waals surface area contributed by atoms with Gasteiger partial charge in [0.1, 0.15) is 17.3 Å². The Morgan fingerprint density at radius 1 is 1.27 bits per heavy atom. The van der Waals surface area contributed by atoms with E-state index in [1.54, 1.807) is 20.8 Å². The van der Waals surface area contributed by atoms with E-state index in [2.05, 4.69) is 20.2 Å². The molecule has 200 valence electrons. The zero-order chi connectivity index (χ0) is 27.6. The van der Waals surface area contributed by atoms with Crippen molar-refractivity contribution in [2.75, 3.05) is 12.8 Å². The number of nitrogens with zero attached hydrogens (tertiary/aromatic N) is 3. The van der Waals surface area contributed by atoms with Crippen molar-refractivity contribution in [3.05, 3.63) is 11.1 Å². The first kappa shape index (κ1) is 32.7. The summed E-state index contributed by atoms with van der Waals surface area (Å²) in [4.78, 5) is 58.7. The molecule has 3 N–H and O–H groups in total. The van der Waals surface area contributed by atoms with Gasteiger partial charge < -0.3 is 29.9 Å². The van der Waals surface area contributed by atoms with Crippen LogP contribution in [0.2, 0.25) is 0 Å². The summed E-state index contributed by atoms with van der Waals surface area (Å²) in [6.07, 6.45) is -0.688. The molecule has 2 heterocycles. The first-order chi connectivity index (χ1) is 16.4. The van der Waals surface area contributed by atoms with Crippen molar-refractivity contribution in [2.24, 2.45) is 5.16 Å². The van der Waals surface area contributed by atoms with Crippen LogP contribution in [-0.4, -0.2) is 82.1 Å². The van der Waals surface area contributed by atoms with Crippen LogP contribution in [0, 0.1) is 0 Å². The molecule has 37 heavy (non-hydrogen) atoms. The van der Waals surface area contributed by atoms with Crippen molar-refractivity contribution in [1.29, 1.82) is 0 Å². The smallest absolute Gasteiger partial charge is 0.731 e. The maximum absolute atomic E-state index is 13.0. The minimum atomic E-state index is -5.27. The standard InChI is InChI=1S/C19H27N5O10S2.Na/c1-18(2,3)33-16(28)19(4,5)34-23-12(9-8-35-17(20)21-9)14(26)22-13-10(7-11(25)32-6)24(15(13)27)36(29,30)31;/h8,10,13H,7H2,1-6H3,(H2,20,21)(H,22,26)(H,29,30,31);/q;+1/p-1/b23-12+;/t10-,13-;/m1./s1. The number of aromatic nitrogens is 1. The van der Waals surface area contributed by atoms with E-state index in [-0.39, 0.29) is 44.7 Å². The molecule has 2 rings (SSSR count). The number of nitrogens with one attached hydrogen (secondary N) is 1. The summed E-state index contributed by atoms with van der Waals surface area (Å²) in [6.45, 7) is 7.62. The third-order valence-electron chi connectivity index (χ3n) is 4.54. The van der Waals surface area contributed by atoms with E-state index < -0.39 is 69.5 Å². The molecule has 0 bridgehead atoms. The third-order valence-corrected chi connectivity index (χ3v) is 6.14. The molecule has 2 atom stereocenters. The number of nitrogens with two attached hydrogens (primary N) is 1. The molecule has 0 radical (unpaired) electrons. The molecule has 0 spiro atoms. The molecule has 1 saturated heterocycles. The van der Waals surface area contributed by atoms with Gasteiger partial charge in [-0.2, -0.15) is 0 Å². The number of anilines is 1. The molecule has 1 aliphatic rings. The minimum absolute atomic E-state index is 0. The van der Waals surface area contributed by atoms with E-state index in [0.717, 1.165) is 18.4 Å². The van der Waals surface area contributed by atoms with Crippen LogP contribution < -0.4 is 40.6 Å². The fraction of sp³-hybridized carbons (Fsp3) is 0.579. The number of esters is 2. The van der Waals surface area contributed by atoms with E-state index in [4.69, 9.17) is 15.3 Å². The summed E-state index contributed by atoms with van der Waals surface area (Å²) in [5.41, 5.74) is 2.53. The van der Waals surface area contributed by atoms with Gasteiger partial charge in [-0.25, -0.2) is 22.5 Å². The van der Waals surface area contributed by atoms with Gasteiger partial charge in [-0.05, 0) is 34.6 Å². The first-order valence-corrected chi connectivity index (χ1v) is 12.5. The number of hydrogen-bond donors (Lipinski definition) is 2. The number of hydrogen-bond acceptors (Lipinski definition) is 14. The Hall–Kier alpha value is -2.31. The van der Waals surface area contributed by atoms with E-state index >= 15 is 0 Å². The van der Waals surface area contributed by atoms with Crippen molar-refractivity contribution in [1.82, 2.24) is 14.6 Å². The summed E-state index contributed by atoms with van der Waals surface area (Å²) in [7, 11) is -4.25. The summed E-state index contributed by atoms with van der Waals surface area (Å²) in [5, 5.41) is 7.35. The Morgan fingerprint density at radius 3 is 2.32 bits per heavy atom. The Kier molecular flexibility index (Phi) is 10.6. The number of rotatable bonds is 9. The predicted octanol–water partition coefficient (Wildman–Crippen LogP) is -3.71. The molecule has 18 heteroatoms. The van der Waals surface area contributed by atoms with Gasteiger partial charge in [0.15, 0.2) is 21.1 Å². The zero-order valence-electron chi connectivity index (χ0n) is 21.3. The Labute approximate surface area is 239 Å². The van der Waals surface area contributed by atoms with Gasteiger partial charge in [0.25, 0.3) is 11.8 Å². The fourth-order valence-corrected chi connectivity index (χ4v) is 4.23. The second-order valence-electron chi connectivity index (χ2n) is 9.00. The molecule has 0 aromatic carbocycles. The van der Waals surface area contributed by atoms with Gasteiger partial charge in [0, 0.05) is 5.38 Å². The molecule has 1 aliphatic heterocycles. The van der Waals surface area contributed by atoms with Crippen LogP contribution in [0.3, 0.4) is 0 Å². The number of methoxy groups -OCH3 is 1. The van der Waals surface area contributed by atoms with Gasteiger partial charge in [-0.15, -0.1) is 11.3 Å². The molecule has 1 aromatic heterocycles. The average molecular weight is 572 g/mol.